The number of carboxylic acid groups (broad SMARTS) is 1. The van der Waals surface area contributed by atoms with Crippen molar-refractivity contribution in [1.29, 1.82) is 0 Å². The molecule has 0 aliphatic heterocycles. The monoisotopic (exact) mass is 270 g/mol. The molecule has 0 radical (unpaired) electrons. The first-order valence-electron chi connectivity index (χ1n) is 4.86. The van der Waals surface area contributed by atoms with E-state index in [1.54, 1.807) is 18.3 Å². The summed E-state index contributed by atoms with van der Waals surface area (Å²) in [6.07, 6.45) is 0. The van der Waals surface area contributed by atoms with Gasteiger partial charge in [0.25, 0.3) is 5.89 Å². The Kier molecular flexibility index (Phi) is 3.80. The van der Waals surface area contributed by atoms with E-state index in [4.69, 9.17) is 9.63 Å². The fourth-order valence-electron chi connectivity index (χ4n) is 1.09. The molecule has 0 amide bonds. The Morgan fingerprint density at radius 1 is 1.71 bits per heavy atom. The highest BCUT2D eigenvalue weighted by Crippen LogP contribution is 2.22. The van der Waals surface area contributed by atoms with Gasteiger partial charge in [0, 0.05) is 5.38 Å². The van der Waals surface area contributed by atoms with E-state index in [2.05, 4.69) is 10.1 Å². The summed E-state index contributed by atoms with van der Waals surface area (Å²) in [5.74, 6) is 0.590. The zero-order chi connectivity index (χ0) is 12.3. The van der Waals surface area contributed by atoms with Crippen LogP contribution in [-0.2, 0) is 10.5 Å². The molecule has 5 nitrogen and oxygen atoms in total. The van der Waals surface area contributed by atoms with Gasteiger partial charge in [-0.3, -0.25) is 4.79 Å². The molecule has 0 spiro atoms. The molecule has 1 N–H and O–H groups in total. The van der Waals surface area contributed by atoms with Crippen LogP contribution >= 0.6 is 23.1 Å². The van der Waals surface area contributed by atoms with Gasteiger partial charge in [0.15, 0.2) is 5.82 Å². The number of rotatable bonds is 5. The predicted octanol–water partition coefficient (Wildman–Crippen LogP) is 2.50. The highest BCUT2D eigenvalue weighted by Gasteiger charge is 2.14. The lowest BCUT2D eigenvalue weighted by Gasteiger charge is -2.01. The molecule has 0 aliphatic rings. The van der Waals surface area contributed by atoms with E-state index >= 15 is 0 Å². The van der Waals surface area contributed by atoms with Crippen molar-refractivity contribution in [2.75, 3.05) is 0 Å². The maximum Gasteiger partial charge on any atom is 0.316 e. The number of aromatic nitrogens is 2. The molecule has 2 aromatic heterocycles. The average Bonchev–Trinajstić information content (AvgIpc) is 2.95. The predicted molar refractivity (Wildman–Crippen MR) is 66.0 cm³/mol. The number of thioether (sulfide) groups is 1. The van der Waals surface area contributed by atoms with E-state index in [-0.39, 0.29) is 0 Å². The van der Waals surface area contributed by atoms with Crippen molar-refractivity contribution >= 4 is 29.1 Å². The summed E-state index contributed by atoms with van der Waals surface area (Å²) in [6, 6.07) is 1.90. The molecule has 1 unspecified atom stereocenters. The second-order valence-corrected chi connectivity index (χ2v) is 5.43. The summed E-state index contributed by atoms with van der Waals surface area (Å²) in [4.78, 5) is 14.8. The third kappa shape index (κ3) is 3.07. The fraction of sp³-hybridized carbons (Fsp3) is 0.300. The zero-order valence-corrected chi connectivity index (χ0v) is 10.6. The van der Waals surface area contributed by atoms with Gasteiger partial charge in [-0.05, 0) is 18.4 Å². The minimum atomic E-state index is -0.837. The maximum atomic E-state index is 10.6. The Balaban J connectivity index is 1.97. The number of nitrogens with zero attached hydrogens (tertiary/aromatic N) is 2. The Bertz CT molecular complexity index is 495. The first-order chi connectivity index (χ1) is 8.16. The molecule has 7 heteroatoms. The Hall–Kier alpha value is -1.34. The molecule has 0 fully saturated rings. The minimum absolute atomic E-state index is 0.432. The highest BCUT2D eigenvalue weighted by molar-refractivity contribution is 7.99. The van der Waals surface area contributed by atoms with Crippen LogP contribution in [0.1, 0.15) is 12.7 Å². The lowest BCUT2D eigenvalue weighted by atomic mass is 10.3. The van der Waals surface area contributed by atoms with Crippen molar-refractivity contribution in [2.24, 2.45) is 0 Å². The van der Waals surface area contributed by atoms with Crippen LogP contribution in [-0.4, -0.2) is 26.5 Å². The van der Waals surface area contributed by atoms with Crippen LogP contribution in [0, 0.1) is 0 Å². The molecule has 0 aromatic carbocycles. The van der Waals surface area contributed by atoms with Gasteiger partial charge in [-0.15, -0.1) is 11.8 Å². The number of aliphatic carboxylic acids is 1. The second-order valence-electron chi connectivity index (χ2n) is 3.32. The SMILES string of the molecule is CC(SCc1noc(-c2ccsc2)n1)C(=O)O. The minimum Gasteiger partial charge on any atom is -0.480 e. The van der Waals surface area contributed by atoms with E-state index in [9.17, 15) is 4.79 Å². The van der Waals surface area contributed by atoms with Gasteiger partial charge in [0.2, 0.25) is 0 Å². The van der Waals surface area contributed by atoms with Gasteiger partial charge in [0.1, 0.15) is 0 Å². The van der Waals surface area contributed by atoms with E-state index in [1.807, 2.05) is 16.8 Å². The van der Waals surface area contributed by atoms with Crippen LogP contribution in [0.5, 0.6) is 0 Å². The topological polar surface area (TPSA) is 76.2 Å². The number of carboxylic acids is 1. The third-order valence-electron chi connectivity index (χ3n) is 2.05. The standard InChI is InChI=1S/C10H10N2O3S2/c1-6(10(13)14)17-5-8-11-9(15-12-8)7-2-3-16-4-7/h2-4,6H,5H2,1H3,(H,13,14). The van der Waals surface area contributed by atoms with E-state index in [1.165, 1.54) is 11.8 Å². The van der Waals surface area contributed by atoms with Crippen LogP contribution in [0.3, 0.4) is 0 Å². The van der Waals surface area contributed by atoms with Crippen molar-refractivity contribution in [1.82, 2.24) is 10.1 Å². The van der Waals surface area contributed by atoms with Gasteiger partial charge in [0.05, 0.1) is 16.6 Å². The summed E-state index contributed by atoms with van der Waals surface area (Å²) in [7, 11) is 0. The van der Waals surface area contributed by atoms with Crippen molar-refractivity contribution in [3.63, 3.8) is 0 Å². The van der Waals surface area contributed by atoms with Crippen LogP contribution in [0.15, 0.2) is 21.3 Å². The molecular weight excluding hydrogens is 260 g/mol. The Morgan fingerprint density at radius 3 is 3.18 bits per heavy atom. The molecule has 0 bridgehead atoms. The van der Waals surface area contributed by atoms with Crippen molar-refractivity contribution in [3.05, 3.63) is 22.7 Å². The van der Waals surface area contributed by atoms with Crippen LogP contribution in [0.2, 0.25) is 0 Å². The molecule has 17 heavy (non-hydrogen) atoms. The first kappa shape index (κ1) is 12.1. The molecule has 0 saturated heterocycles. The summed E-state index contributed by atoms with van der Waals surface area (Å²) in [6.45, 7) is 1.63. The molecular formula is C10H10N2O3S2. The first-order valence-corrected chi connectivity index (χ1v) is 6.85. The van der Waals surface area contributed by atoms with E-state index < -0.39 is 11.2 Å². The number of thiophene rings is 1. The molecule has 2 rings (SSSR count). The van der Waals surface area contributed by atoms with Crippen molar-refractivity contribution in [2.45, 2.75) is 17.9 Å². The van der Waals surface area contributed by atoms with Crippen molar-refractivity contribution < 1.29 is 14.4 Å². The molecule has 0 saturated carbocycles. The fourth-order valence-corrected chi connectivity index (χ4v) is 2.38. The second kappa shape index (κ2) is 5.33. The molecule has 1 atom stereocenters. The summed E-state index contributed by atoms with van der Waals surface area (Å²) >= 11 is 2.82. The number of hydrogen-bond donors (Lipinski definition) is 1. The van der Waals surface area contributed by atoms with Crippen molar-refractivity contribution in [3.8, 4) is 11.5 Å². The van der Waals surface area contributed by atoms with Gasteiger partial charge < -0.3 is 9.63 Å². The quantitative estimate of drug-likeness (QED) is 0.899. The summed E-state index contributed by atoms with van der Waals surface area (Å²) in [5.41, 5.74) is 0.894. The van der Waals surface area contributed by atoms with Gasteiger partial charge in [-0.25, -0.2) is 0 Å². The van der Waals surface area contributed by atoms with Gasteiger partial charge in [-0.1, -0.05) is 5.16 Å². The van der Waals surface area contributed by atoms with Crippen LogP contribution in [0.25, 0.3) is 11.5 Å². The molecule has 2 heterocycles. The smallest absolute Gasteiger partial charge is 0.316 e. The lowest BCUT2D eigenvalue weighted by molar-refractivity contribution is -0.136. The molecule has 90 valence electrons. The van der Waals surface area contributed by atoms with E-state index in [0.29, 0.717) is 17.5 Å². The summed E-state index contributed by atoms with van der Waals surface area (Å²) < 4.78 is 5.09. The highest BCUT2D eigenvalue weighted by atomic mass is 32.2. The summed E-state index contributed by atoms with van der Waals surface area (Å²) in [5, 5.41) is 15.9. The van der Waals surface area contributed by atoms with Crippen LogP contribution < -0.4 is 0 Å². The van der Waals surface area contributed by atoms with E-state index in [0.717, 1.165) is 5.56 Å². The third-order valence-corrected chi connectivity index (χ3v) is 3.86. The average molecular weight is 270 g/mol. The normalized spacial score (nSPS) is 12.5. The molecule has 2 aromatic rings. The number of carbonyl (C=O) groups is 1. The van der Waals surface area contributed by atoms with Crippen LogP contribution in [0.4, 0.5) is 0 Å². The largest absolute Gasteiger partial charge is 0.480 e. The lowest BCUT2D eigenvalue weighted by Crippen LogP contribution is -2.11. The zero-order valence-electron chi connectivity index (χ0n) is 8.99. The van der Waals surface area contributed by atoms with Gasteiger partial charge >= 0.3 is 5.97 Å². The number of hydrogen-bond acceptors (Lipinski definition) is 6. The van der Waals surface area contributed by atoms with Gasteiger partial charge in [-0.2, -0.15) is 16.3 Å². The Morgan fingerprint density at radius 2 is 2.53 bits per heavy atom. The molecule has 0 aliphatic carbocycles. The maximum absolute atomic E-state index is 10.6. The Labute approximate surface area is 106 Å².